The number of hydrogen-bond acceptors (Lipinski definition) is 4. The van der Waals surface area contributed by atoms with Crippen LogP contribution in [0.4, 0.5) is 0 Å². The van der Waals surface area contributed by atoms with Gasteiger partial charge in [-0.05, 0) is 47.5 Å². The Hall–Kier alpha value is -2.99. The summed E-state index contributed by atoms with van der Waals surface area (Å²) >= 11 is 12.6. The van der Waals surface area contributed by atoms with Crippen LogP contribution in [-0.2, 0) is 6.54 Å². The summed E-state index contributed by atoms with van der Waals surface area (Å²) in [5.41, 5.74) is 2.95. The number of carbonyl (C=O) groups excluding carboxylic acids is 1. The summed E-state index contributed by atoms with van der Waals surface area (Å²) < 4.78 is 1.48. The number of Topliss-reactive ketones (excluding diaryl/α,β-unsaturated/α-hetero) is 1. The summed E-state index contributed by atoms with van der Waals surface area (Å²) in [7, 11) is 0. The van der Waals surface area contributed by atoms with Gasteiger partial charge in [-0.25, -0.2) is 4.98 Å². The molecule has 3 aromatic carbocycles. The lowest BCUT2D eigenvalue weighted by molar-refractivity contribution is 0.0904. The van der Waals surface area contributed by atoms with E-state index in [0.717, 1.165) is 16.7 Å². The highest BCUT2D eigenvalue weighted by Crippen LogP contribution is 2.34. The van der Waals surface area contributed by atoms with E-state index in [9.17, 15) is 9.59 Å². The molecule has 5 nitrogen and oxygen atoms in total. The molecule has 1 aromatic heterocycles. The fraction of sp³-hybridized carbons (Fsp3) is 0.0870. The maximum atomic E-state index is 13.0. The molecule has 0 radical (unpaired) electrons. The van der Waals surface area contributed by atoms with Crippen molar-refractivity contribution in [3.8, 4) is 11.1 Å². The van der Waals surface area contributed by atoms with Crippen molar-refractivity contribution in [2.45, 2.75) is 6.54 Å². The van der Waals surface area contributed by atoms with Gasteiger partial charge in [0.1, 0.15) is 6.61 Å². The van der Waals surface area contributed by atoms with E-state index in [1.54, 1.807) is 30.3 Å². The van der Waals surface area contributed by atoms with Crippen LogP contribution in [0, 0.1) is 0 Å². The Morgan fingerprint density at radius 2 is 1.73 bits per heavy atom. The first-order chi connectivity index (χ1) is 14.5. The topological polar surface area (TPSA) is 72.2 Å². The van der Waals surface area contributed by atoms with Crippen LogP contribution >= 0.6 is 23.2 Å². The van der Waals surface area contributed by atoms with Gasteiger partial charge in [-0.15, -0.1) is 0 Å². The molecule has 0 bridgehead atoms. The molecule has 150 valence electrons. The first-order valence-electron chi connectivity index (χ1n) is 9.14. The molecule has 0 fully saturated rings. The Morgan fingerprint density at radius 1 is 1.00 bits per heavy atom. The van der Waals surface area contributed by atoms with E-state index in [0.29, 0.717) is 20.9 Å². The second-order valence-electron chi connectivity index (χ2n) is 6.79. The van der Waals surface area contributed by atoms with E-state index < -0.39 is 12.4 Å². The predicted octanol–water partition coefficient (Wildman–Crippen LogP) is 4.59. The molecule has 30 heavy (non-hydrogen) atoms. The zero-order valence-electron chi connectivity index (χ0n) is 15.7. The quantitative estimate of drug-likeness (QED) is 0.462. The predicted molar refractivity (Wildman–Crippen MR) is 118 cm³/mol. The first-order valence-corrected chi connectivity index (χ1v) is 9.90. The third kappa shape index (κ3) is 3.87. The van der Waals surface area contributed by atoms with Crippen LogP contribution in [0.2, 0.25) is 10.0 Å². The number of aliphatic hydroxyl groups is 1. The molecule has 0 saturated carbocycles. The maximum absolute atomic E-state index is 13.0. The van der Waals surface area contributed by atoms with Crippen molar-refractivity contribution in [1.29, 1.82) is 0 Å². The van der Waals surface area contributed by atoms with Gasteiger partial charge in [0, 0.05) is 21.2 Å². The van der Waals surface area contributed by atoms with Crippen LogP contribution in [0.1, 0.15) is 15.9 Å². The number of aliphatic hydroxyl groups excluding tert-OH is 1. The summed E-state index contributed by atoms with van der Waals surface area (Å²) in [6.07, 6.45) is 1.48. The minimum atomic E-state index is -0.614. The van der Waals surface area contributed by atoms with Crippen molar-refractivity contribution in [1.82, 2.24) is 9.55 Å². The summed E-state index contributed by atoms with van der Waals surface area (Å²) in [6.45, 7) is -0.326. The summed E-state index contributed by atoms with van der Waals surface area (Å²) in [5.74, 6) is -0.448. The number of carbonyl (C=O) groups is 1. The van der Waals surface area contributed by atoms with Crippen molar-refractivity contribution >= 4 is 39.9 Å². The third-order valence-corrected chi connectivity index (χ3v) is 5.45. The molecule has 0 aliphatic rings. The van der Waals surface area contributed by atoms with Crippen molar-refractivity contribution in [3.63, 3.8) is 0 Å². The summed E-state index contributed by atoms with van der Waals surface area (Å²) in [6, 6.07) is 17.6. The Bertz CT molecular complexity index is 1310. The SMILES string of the molecule is O=C(CO)c1ccc2ncn(Cc3cccc(-c4c(Cl)cccc4Cl)c3)c(=O)c2c1. The highest BCUT2D eigenvalue weighted by Gasteiger charge is 2.11. The summed E-state index contributed by atoms with van der Waals surface area (Å²) in [4.78, 5) is 29.1. The number of aromatic nitrogens is 2. The Labute approximate surface area is 182 Å². The van der Waals surface area contributed by atoms with Gasteiger partial charge >= 0.3 is 0 Å². The highest BCUT2D eigenvalue weighted by atomic mass is 35.5. The van der Waals surface area contributed by atoms with Crippen LogP contribution in [0.5, 0.6) is 0 Å². The minimum absolute atomic E-state index is 0.270. The molecule has 0 unspecified atom stereocenters. The lowest BCUT2D eigenvalue weighted by Gasteiger charge is -2.11. The monoisotopic (exact) mass is 438 g/mol. The molecule has 0 aliphatic heterocycles. The van der Waals surface area contributed by atoms with Crippen LogP contribution in [-0.4, -0.2) is 27.0 Å². The zero-order valence-corrected chi connectivity index (χ0v) is 17.2. The van der Waals surface area contributed by atoms with Crippen molar-refractivity contribution < 1.29 is 9.90 Å². The Kier molecular flexibility index (Phi) is 5.68. The lowest BCUT2D eigenvalue weighted by atomic mass is 10.0. The number of ketones is 1. The highest BCUT2D eigenvalue weighted by molar-refractivity contribution is 6.39. The number of benzene rings is 3. The normalized spacial score (nSPS) is 11.0. The van der Waals surface area contributed by atoms with E-state index in [-0.39, 0.29) is 17.7 Å². The number of fused-ring (bicyclic) bond motifs is 1. The van der Waals surface area contributed by atoms with Crippen LogP contribution in [0.25, 0.3) is 22.0 Å². The molecule has 1 heterocycles. The molecule has 4 aromatic rings. The van der Waals surface area contributed by atoms with Gasteiger partial charge in [0.2, 0.25) is 0 Å². The number of rotatable bonds is 5. The molecule has 0 aliphatic carbocycles. The van der Waals surface area contributed by atoms with Crippen LogP contribution in [0.15, 0.2) is 71.8 Å². The molecule has 4 rings (SSSR count). The standard InChI is InChI=1S/C23H16Cl2N2O3/c24-18-5-2-6-19(25)22(18)16-4-1-3-14(9-16)11-27-13-26-20-8-7-15(21(29)12-28)10-17(20)23(27)30/h1-10,13,28H,11-12H2. The van der Waals surface area contributed by atoms with E-state index in [2.05, 4.69) is 4.98 Å². The summed E-state index contributed by atoms with van der Waals surface area (Å²) in [5, 5.41) is 10.5. The molecule has 7 heteroatoms. The molecule has 1 N–H and O–H groups in total. The van der Waals surface area contributed by atoms with Crippen molar-refractivity contribution in [2.24, 2.45) is 0 Å². The fourth-order valence-electron chi connectivity index (χ4n) is 3.33. The van der Waals surface area contributed by atoms with Gasteiger partial charge in [-0.2, -0.15) is 0 Å². The number of nitrogens with zero attached hydrogens (tertiary/aromatic N) is 2. The second kappa shape index (κ2) is 8.40. The molecular formula is C23H16Cl2N2O3. The average molecular weight is 439 g/mol. The largest absolute Gasteiger partial charge is 0.388 e. The smallest absolute Gasteiger partial charge is 0.261 e. The van der Waals surface area contributed by atoms with Crippen LogP contribution in [0.3, 0.4) is 0 Å². The van der Waals surface area contributed by atoms with E-state index >= 15 is 0 Å². The molecule has 0 spiro atoms. The van der Waals surface area contributed by atoms with E-state index in [4.69, 9.17) is 28.3 Å². The molecule has 0 amide bonds. The Balaban J connectivity index is 1.74. The second-order valence-corrected chi connectivity index (χ2v) is 7.60. The lowest BCUT2D eigenvalue weighted by Crippen LogP contribution is -2.21. The number of hydrogen-bond donors (Lipinski definition) is 1. The molecular weight excluding hydrogens is 423 g/mol. The first kappa shape index (κ1) is 20.3. The minimum Gasteiger partial charge on any atom is -0.388 e. The molecule has 0 atom stereocenters. The van der Waals surface area contributed by atoms with Gasteiger partial charge in [0.25, 0.3) is 5.56 Å². The zero-order chi connectivity index (χ0) is 21.3. The average Bonchev–Trinajstić information content (AvgIpc) is 2.75. The maximum Gasteiger partial charge on any atom is 0.261 e. The Morgan fingerprint density at radius 3 is 2.47 bits per heavy atom. The van der Waals surface area contributed by atoms with E-state index in [1.807, 2.05) is 24.3 Å². The fourth-order valence-corrected chi connectivity index (χ4v) is 3.95. The molecule has 0 saturated heterocycles. The van der Waals surface area contributed by atoms with Gasteiger partial charge in [0.15, 0.2) is 5.78 Å². The van der Waals surface area contributed by atoms with E-state index in [1.165, 1.54) is 17.0 Å². The van der Waals surface area contributed by atoms with Gasteiger partial charge in [-0.1, -0.05) is 47.5 Å². The third-order valence-electron chi connectivity index (χ3n) is 4.82. The van der Waals surface area contributed by atoms with Crippen LogP contribution < -0.4 is 5.56 Å². The van der Waals surface area contributed by atoms with Gasteiger partial charge in [0.05, 0.1) is 23.8 Å². The van der Waals surface area contributed by atoms with Crippen molar-refractivity contribution in [3.05, 3.63) is 98.5 Å². The van der Waals surface area contributed by atoms with Gasteiger partial charge in [-0.3, -0.25) is 14.2 Å². The van der Waals surface area contributed by atoms with Crippen molar-refractivity contribution in [2.75, 3.05) is 6.61 Å². The van der Waals surface area contributed by atoms with Gasteiger partial charge < -0.3 is 5.11 Å². The number of halogens is 2.